The van der Waals surface area contributed by atoms with E-state index < -0.39 is 0 Å². The van der Waals surface area contributed by atoms with Gasteiger partial charge in [0.15, 0.2) is 0 Å². The number of hydrogen-bond donors (Lipinski definition) is 0. The Hall–Kier alpha value is -2.62. The molecule has 118 valence electrons. The van der Waals surface area contributed by atoms with Crippen LogP contribution in [-0.4, -0.2) is 23.7 Å². The second-order valence-corrected chi connectivity index (χ2v) is 5.71. The Bertz CT molecular complexity index is 752. The van der Waals surface area contributed by atoms with Crippen molar-refractivity contribution < 1.29 is 4.52 Å². The minimum Gasteiger partial charge on any atom is -0.361 e. The Morgan fingerprint density at radius 1 is 1.04 bits per heavy atom. The fraction of sp³-hybridized carbons (Fsp3) is 0.263. The van der Waals surface area contributed by atoms with Crippen LogP contribution in [0.3, 0.4) is 0 Å². The van der Waals surface area contributed by atoms with Crippen molar-refractivity contribution in [1.29, 1.82) is 0 Å². The lowest BCUT2D eigenvalue weighted by molar-refractivity contribution is 0.383. The molecule has 2 heterocycles. The van der Waals surface area contributed by atoms with Gasteiger partial charge in [0, 0.05) is 37.3 Å². The maximum atomic E-state index is 5.44. The summed E-state index contributed by atoms with van der Waals surface area (Å²) in [6.07, 6.45) is 1.87. The first kappa shape index (κ1) is 15.3. The Kier molecular flexibility index (Phi) is 4.71. The van der Waals surface area contributed by atoms with Crippen molar-refractivity contribution in [1.82, 2.24) is 10.1 Å². The van der Waals surface area contributed by atoms with E-state index in [4.69, 9.17) is 4.52 Å². The highest BCUT2D eigenvalue weighted by atomic mass is 16.5. The van der Waals surface area contributed by atoms with E-state index in [1.807, 2.05) is 61.5 Å². The van der Waals surface area contributed by atoms with Gasteiger partial charge < -0.3 is 9.42 Å². The van der Waals surface area contributed by atoms with E-state index in [1.165, 1.54) is 0 Å². The quantitative estimate of drug-likeness (QED) is 0.687. The van der Waals surface area contributed by atoms with Crippen molar-refractivity contribution in [3.8, 4) is 11.3 Å². The van der Waals surface area contributed by atoms with E-state index in [0.29, 0.717) is 0 Å². The summed E-state index contributed by atoms with van der Waals surface area (Å²) in [6, 6.07) is 18.2. The van der Waals surface area contributed by atoms with Gasteiger partial charge in [0.1, 0.15) is 17.3 Å². The Morgan fingerprint density at radius 3 is 2.65 bits per heavy atom. The van der Waals surface area contributed by atoms with Gasteiger partial charge in [-0.2, -0.15) is 0 Å². The smallest absolute Gasteiger partial charge is 0.137 e. The lowest BCUT2D eigenvalue weighted by atomic mass is 10.1. The Labute approximate surface area is 136 Å². The van der Waals surface area contributed by atoms with Crippen LogP contribution in [0.1, 0.15) is 17.9 Å². The lowest BCUT2D eigenvalue weighted by Crippen LogP contribution is -2.20. The summed E-state index contributed by atoms with van der Waals surface area (Å²) in [5.74, 6) is 1.93. The number of benzene rings is 1. The monoisotopic (exact) mass is 307 g/mol. The fourth-order valence-corrected chi connectivity index (χ4v) is 2.52. The van der Waals surface area contributed by atoms with Gasteiger partial charge in [0.05, 0.1) is 0 Å². The molecule has 3 aromatic rings. The van der Waals surface area contributed by atoms with Crippen LogP contribution in [0.2, 0.25) is 0 Å². The summed E-state index contributed by atoms with van der Waals surface area (Å²) in [5.41, 5.74) is 3.02. The van der Waals surface area contributed by atoms with Crippen molar-refractivity contribution >= 4 is 5.82 Å². The number of anilines is 1. The van der Waals surface area contributed by atoms with Gasteiger partial charge in [0.2, 0.25) is 0 Å². The molecule has 0 amide bonds. The van der Waals surface area contributed by atoms with Crippen molar-refractivity contribution in [2.45, 2.75) is 19.8 Å². The summed E-state index contributed by atoms with van der Waals surface area (Å²) in [7, 11) is 2.07. The van der Waals surface area contributed by atoms with Crippen LogP contribution in [0, 0.1) is 6.92 Å². The SMILES string of the molecule is Cc1cccc(N(C)CCCc2cc(-c3ccccc3)no2)n1. The average Bonchev–Trinajstić information content (AvgIpc) is 3.04. The highest BCUT2D eigenvalue weighted by molar-refractivity contribution is 5.58. The molecule has 0 atom stereocenters. The first-order valence-electron chi connectivity index (χ1n) is 7.88. The summed E-state index contributed by atoms with van der Waals surface area (Å²) in [5, 5.41) is 4.15. The van der Waals surface area contributed by atoms with E-state index in [1.54, 1.807) is 0 Å². The van der Waals surface area contributed by atoms with Crippen LogP contribution in [-0.2, 0) is 6.42 Å². The van der Waals surface area contributed by atoms with Crippen LogP contribution in [0.4, 0.5) is 5.82 Å². The zero-order valence-corrected chi connectivity index (χ0v) is 13.6. The van der Waals surface area contributed by atoms with E-state index >= 15 is 0 Å². The zero-order valence-electron chi connectivity index (χ0n) is 13.6. The molecule has 4 heteroatoms. The topological polar surface area (TPSA) is 42.2 Å². The molecule has 0 aliphatic carbocycles. The highest BCUT2D eigenvalue weighted by Crippen LogP contribution is 2.19. The third-order valence-electron chi connectivity index (χ3n) is 3.81. The molecule has 0 N–H and O–H groups in total. The molecule has 0 bridgehead atoms. The van der Waals surface area contributed by atoms with Crippen molar-refractivity contribution in [2.75, 3.05) is 18.5 Å². The number of aromatic nitrogens is 2. The summed E-state index contributed by atoms with van der Waals surface area (Å²) < 4.78 is 5.44. The van der Waals surface area contributed by atoms with Gasteiger partial charge in [-0.05, 0) is 25.5 Å². The lowest BCUT2D eigenvalue weighted by Gasteiger charge is -2.17. The molecule has 0 fully saturated rings. The predicted molar refractivity (Wildman–Crippen MR) is 92.5 cm³/mol. The number of aryl methyl sites for hydroxylation is 2. The number of rotatable bonds is 6. The Balaban J connectivity index is 1.54. The molecule has 4 nitrogen and oxygen atoms in total. The molecule has 23 heavy (non-hydrogen) atoms. The molecule has 0 spiro atoms. The first-order chi connectivity index (χ1) is 11.2. The molecule has 0 unspecified atom stereocenters. The maximum Gasteiger partial charge on any atom is 0.137 e. The maximum absolute atomic E-state index is 5.44. The molecule has 0 radical (unpaired) electrons. The van der Waals surface area contributed by atoms with Crippen LogP contribution >= 0.6 is 0 Å². The van der Waals surface area contributed by atoms with Crippen LogP contribution < -0.4 is 4.90 Å². The third kappa shape index (κ3) is 3.97. The molecule has 0 aliphatic heterocycles. The second-order valence-electron chi connectivity index (χ2n) is 5.71. The third-order valence-corrected chi connectivity index (χ3v) is 3.81. The van der Waals surface area contributed by atoms with Gasteiger partial charge in [-0.25, -0.2) is 4.98 Å². The van der Waals surface area contributed by atoms with Crippen molar-refractivity contribution in [2.24, 2.45) is 0 Å². The van der Waals surface area contributed by atoms with Gasteiger partial charge >= 0.3 is 0 Å². The van der Waals surface area contributed by atoms with E-state index in [9.17, 15) is 0 Å². The molecule has 0 saturated carbocycles. The molecule has 0 saturated heterocycles. The van der Waals surface area contributed by atoms with Crippen LogP contribution in [0.25, 0.3) is 11.3 Å². The standard InChI is InChI=1S/C19H21N3O/c1-15-8-6-12-19(20-15)22(2)13-7-11-17-14-18(21-23-17)16-9-4-3-5-10-16/h3-6,8-10,12,14H,7,11,13H2,1-2H3. The molecular weight excluding hydrogens is 286 g/mol. The molecule has 0 aliphatic rings. The molecular formula is C19H21N3O. The number of pyridine rings is 1. The molecule has 1 aromatic carbocycles. The first-order valence-corrected chi connectivity index (χ1v) is 7.88. The summed E-state index contributed by atoms with van der Waals surface area (Å²) in [6.45, 7) is 2.94. The highest BCUT2D eigenvalue weighted by Gasteiger charge is 2.07. The molecule has 2 aromatic heterocycles. The predicted octanol–water partition coefficient (Wildman–Crippen LogP) is 4.11. The zero-order chi connectivity index (χ0) is 16.1. The van der Waals surface area contributed by atoms with E-state index in [-0.39, 0.29) is 0 Å². The summed E-state index contributed by atoms with van der Waals surface area (Å²) in [4.78, 5) is 6.70. The number of hydrogen-bond acceptors (Lipinski definition) is 4. The van der Waals surface area contributed by atoms with Crippen LogP contribution in [0.15, 0.2) is 59.1 Å². The van der Waals surface area contributed by atoms with Crippen molar-refractivity contribution in [3.63, 3.8) is 0 Å². The minimum atomic E-state index is 0.871. The summed E-state index contributed by atoms with van der Waals surface area (Å²) >= 11 is 0. The van der Waals surface area contributed by atoms with Gasteiger partial charge in [-0.1, -0.05) is 41.6 Å². The molecule has 3 rings (SSSR count). The second kappa shape index (κ2) is 7.09. The van der Waals surface area contributed by atoms with Gasteiger partial charge in [-0.3, -0.25) is 0 Å². The number of nitrogens with zero attached hydrogens (tertiary/aromatic N) is 3. The normalized spacial score (nSPS) is 10.7. The van der Waals surface area contributed by atoms with E-state index in [2.05, 4.69) is 22.1 Å². The minimum absolute atomic E-state index is 0.871. The Morgan fingerprint density at radius 2 is 1.87 bits per heavy atom. The van der Waals surface area contributed by atoms with Crippen LogP contribution in [0.5, 0.6) is 0 Å². The van der Waals surface area contributed by atoms with E-state index in [0.717, 1.165) is 47.9 Å². The average molecular weight is 307 g/mol. The van der Waals surface area contributed by atoms with Gasteiger partial charge in [-0.15, -0.1) is 0 Å². The fourth-order valence-electron chi connectivity index (χ4n) is 2.52. The largest absolute Gasteiger partial charge is 0.361 e. The van der Waals surface area contributed by atoms with Gasteiger partial charge in [0.25, 0.3) is 0 Å². The van der Waals surface area contributed by atoms with Crippen molar-refractivity contribution in [3.05, 3.63) is 66.1 Å².